The van der Waals surface area contributed by atoms with Gasteiger partial charge in [0.05, 0.1) is 12.5 Å². The monoisotopic (exact) mass is 553 g/mol. The van der Waals surface area contributed by atoms with E-state index < -0.39 is 54.6 Å². The summed E-state index contributed by atoms with van der Waals surface area (Å²) in [6.45, 7) is 4.32. The number of nitrogens with zero attached hydrogens (tertiary/aromatic N) is 1. The van der Waals surface area contributed by atoms with Gasteiger partial charge in [0.1, 0.15) is 18.5 Å². The van der Waals surface area contributed by atoms with Crippen molar-refractivity contribution in [3.05, 3.63) is 65.2 Å². The average Bonchev–Trinajstić information content (AvgIpc) is 2.88. The predicted octanol–water partition coefficient (Wildman–Crippen LogP) is 2.81. The molecule has 11 heteroatoms. The molecule has 1 aliphatic heterocycles. The lowest BCUT2D eigenvalue weighted by Gasteiger charge is -2.44. The quantitative estimate of drug-likeness (QED) is 0.316. The Kier molecular flexibility index (Phi) is 10.6. The molecule has 3 rings (SSSR count). The fourth-order valence-corrected chi connectivity index (χ4v) is 4.26. The van der Waals surface area contributed by atoms with Crippen LogP contribution in [0, 0.1) is 11.3 Å². The Balaban J connectivity index is 1.96. The highest BCUT2D eigenvalue weighted by Crippen LogP contribution is 2.32. The Morgan fingerprint density at radius 1 is 0.775 bits per heavy atom. The van der Waals surface area contributed by atoms with Crippen LogP contribution in [0.5, 0.6) is 5.75 Å². The van der Waals surface area contributed by atoms with Gasteiger partial charge in [-0.05, 0) is 22.8 Å². The lowest BCUT2D eigenvalue weighted by molar-refractivity contribution is -0.288. The molecular weight excluding hydrogens is 522 g/mol. The maximum atomic E-state index is 12.1. The number of nitriles is 1. The van der Waals surface area contributed by atoms with E-state index >= 15 is 0 Å². The number of ether oxygens (including phenoxy) is 6. The highest BCUT2D eigenvalue weighted by molar-refractivity contribution is 5.68. The third-order valence-electron chi connectivity index (χ3n) is 5.86. The van der Waals surface area contributed by atoms with Crippen molar-refractivity contribution in [2.45, 2.75) is 71.2 Å². The van der Waals surface area contributed by atoms with Crippen molar-refractivity contribution in [3.63, 3.8) is 0 Å². The van der Waals surface area contributed by atoms with Crippen LogP contribution in [-0.4, -0.2) is 61.2 Å². The van der Waals surface area contributed by atoms with Crippen molar-refractivity contribution in [1.82, 2.24) is 0 Å². The normalized spacial score (nSPS) is 21.8. The fourth-order valence-electron chi connectivity index (χ4n) is 4.26. The average molecular weight is 554 g/mol. The lowest BCUT2D eigenvalue weighted by Crippen LogP contribution is -2.63. The summed E-state index contributed by atoms with van der Waals surface area (Å²) < 4.78 is 33.7. The summed E-state index contributed by atoms with van der Waals surface area (Å²) in [4.78, 5) is 47.6. The molecule has 11 nitrogen and oxygen atoms in total. The Hall–Kier alpha value is -4.43. The zero-order chi connectivity index (χ0) is 29.2. The number of carbonyl (C=O) groups excluding carboxylic acids is 4. The van der Waals surface area contributed by atoms with Crippen LogP contribution >= 0.6 is 0 Å². The molecule has 0 radical (unpaired) electrons. The van der Waals surface area contributed by atoms with Crippen LogP contribution in [-0.2, 0) is 55.7 Å². The Bertz CT molecular complexity index is 1250. The molecule has 2 aromatic rings. The molecule has 1 heterocycles. The number of para-hydroxylation sites is 1. The Morgan fingerprint density at radius 3 is 1.95 bits per heavy atom. The molecule has 40 heavy (non-hydrogen) atoms. The standard InChI is InChI=1S/C29H31NO10/c1-17(31)35-16-25-26(36-18(2)32)27(37-19(3)33)28(38-20(4)34)29(40-25)39-24-8-6-5-7-23(24)15-22-11-9-21(10-12-22)13-14-30/h5-12,25-29H,13,15-16H2,1-4H3/t25-,26-,27+,28-,29-/m1/s1. The molecule has 0 saturated carbocycles. The van der Waals surface area contributed by atoms with Crippen LogP contribution in [0.1, 0.15) is 44.4 Å². The molecule has 1 fully saturated rings. The topological polar surface area (TPSA) is 147 Å². The van der Waals surface area contributed by atoms with E-state index in [1.807, 2.05) is 36.4 Å². The Labute approximate surface area is 231 Å². The first-order valence-electron chi connectivity index (χ1n) is 12.6. The molecule has 0 N–H and O–H groups in total. The van der Waals surface area contributed by atoms with Gasteiger partial charge in [-0.15, -0.1) is 0 Å². The van der Waals surface area contributed by atoms with Crippen molar-refractivity contribution in [1.29, 1.82) is 5.26 Å². The molecule has 1 aliphatic rings. The number of carbonyl (C=O) groups is 4. The lowest BCUT2D eigenvalue weighted by atomic mass is 9.97. The predicted molar refractivity (Wildman–Crippen MR) is 138 cm³/mol. The zero-order valence-electron chi connectivity index (χ0n) is 22.7. The van der Waals surface area contributed by atoms with E-state index in [0.717, 1.165) is 37.5 Å². The molecule has 212 valence electrons. The van der Waals surface area contributed by atoms with Gasteiger partial charge in [0.2, 0.25) is 12.4 Å². The minimum atomic E-state index is -1.34. The van der Waals surface area contributed by atoms with Crippen LogP contribution in [0.25, 0.3) is 0 Å². The molecule has 0 unspecified atom stereocenters. The van der Waals surface area contributed by atoms with Crippen molar-refractivity contribution in [3.8, 4) is 11.8 Å². The summed E-state index contributed by atoms with van der Waals surface area (Å²) in [6.07, 6.45) is -5.61. The third-order valence-corrected chi connectivity index (χ3v) is 5.86. The first-order valence-corrected chi connectivity index (χ1v) is 12.6. The van der Waals surface area contributed by atoms with Gasteiger partial charge >= 0.3 is 23.9 Å². The van der Waals surface area contributed by atoms with E-state index in [2.05, 4.69) is 6.07 Å². The second-order valence-electron chi connectivity index (χ2n) is 9.12. The Morgan fingerprint density at radius 2 is 1.35 bits per heavy atom. The summed E-state index contributed by atoms with van der Waals surface area (Å²) in [5.41, 5.74) is 2.62. The van der Waals surface area contributed by atoms with E-state index in [0.29, 0.717) is 18.6 Å². The molecule has 5 atom stereocenters. The summed E-state index contributed by atoms with van der Waals surface area (Å²) >= 11 is 0. The molecule has 0 bridgehead atoms. The fraction of sp³-hybridized carbons (Fsp3) is 0.414. The molecule has 0 amide bonds. The summed E-state index contributed by atoms with van der Waals surface area (Å²) in [7, 11) is 0. The molecule has 2 aromatic carbocycles. The van der Waals surface area contributed by atoms with Gasteiger partial charge in [0, 0.05) is 34.1 Å². The van der Waals surface area contributed by atoms with Crippen LogP contribution in [0.15, 0.2) is 48.5 Å². The zero-order valence-corrected chi connectivity index (χ0v) is 22.7. The van der Waals surface area contributed by atoms with Gasteiger partial charge in [-0.25, -0.2) is 0 Å². The second kappa shape index (κ2) is 14.1. The summed E-state index contributed by atoms with van der Waals surface area (Å²) in [5, 5.41) is 8.91. The highest BCUT2D eigenvalue weighted by atomic mass is 16.7. The van der Waals surface area contributed by atoms with Gasteiger partial charge in [-0.2, -0.15) is 5.26 Å². The van der Waals surface area contributed by atoms with Crippen molar-refractivity contribution in [2.75, 3.05) is 6.61 Å². The number of esters is 4. The van der Waals surface area contributed by atoms with Gasteiger partial charge in [0.15, 0.2) is 12.2 Å². The third kappa shape index (κ3) is 8.54. The smallest absolute Gasteiger partial charge is 0.303 e. The molecular formula is C29H31NO10. The first kappa shape index (κ1) is 30.1. The SMILES string of the molecule is CC(=O)OC[C@H]1O[C@@H](Oc2ccccc2Cc2ccc(CC#N)cc2)[C@H](OC(C)=O)[C@@H](OC(C)=O)[C@@H]1OC(C)=O. The molecule has 0 spiro atoms. The second-order valence-corrected chi connectivity index (χ2v) is 9.12. The van der Waals surface area contributed by atoms with Crippen molar-refractivity contribution in [2.24, 2.45) is 0 Å². The van der Waals surface area contributed by atoms with Crippen LogP contribution in [0.3, 0.4) is 0 Å². The van der Waals surface area contributed by atoms with Gasteiger partial charge in [-0.1, -0.05) is 42.5 Å². The van der Waals surface area contributed by atoms with Gasteiger partial charge in [-0.3, -0.25) is 19.2 Å². The van der Waals surface area contributed by atoms with Crippen molar-refractivity contribution >= 4 is 23.9 Å². The number of hydrogen-bond donors (Lipinski definition) is 0. The van der Waals surface area contributed by atoms with E-state index in [4.69, 9.17) is 33.7 Å². The summed E-state index contributed by atoms with van der Waals surface area (Å²) in [6, 6.07) is 16.8. The van der Waals surface area contributed by atoms with Crippen LogP contribution < -0.4 is 4.74 Å². The number of hydrogen-bond acceptors (Lipinski definition) is 11. The highest BCUT2D eigenvalue weighted by Gasteiger charge is 2.53. The number of benzene rings is 2. The van der Waals surface area contributed by atoms with Gasteiger partial charge in [0.25, 0.3) is 0 Å². The van der Waals surface area contributed by atoms with E-state index in [9.17, 15) is 19.2 Å². The van der Waals surface area contributed by atoms with Gasteiger partial charge < -0.3 is 28.4 Å². The molecule has 0 aromatic heterocycles. The maximum absolute atomic E-state index is 12.1. The molecule has 1 saturated heterocycles. The van der Waals surface area contributed by atoms with E-state index in [-0.39, 0.29) is 6.61 Å². The van der Waals surface area contributed by atoms with E-state index in [1.54, 1.807) is 12.1 Å². The number of rotatable bonds is 10. The largest absolute Gasteiger partial charge is 0.463 e. The van der Waals surface area contributed by atoms with E-state index in [1.165, 1.54) is 6.92 Å². The van der Waals surface area contributed by atoms with Crippen LogP contribution in [0.2, 0.25) is 0 Å². The van der Waals surface area contributed by atoms with Crippen LogP contribution in [0.4, 0.5) is 0 Å². The first-order chi connectivity index (χ1) is 19.1. The molecule has 0 aliphatic carbocycles. The van der Waals surface area contributed by atoms with Crippen molar-refractivity contribution < 1.29 is 47.6 Å². The maximum Gasteiger partial charge on any atom is 0.303 e. The minimum Gasteiger partial charge on any atom is -0.463 e. The minimum absolute atomic E-state index is 0.308. The summed E-state index contributed by atoms with van der Waals surface area (Å²) in [5.74, 6) is -2.38.